The van der Waals surface area contributed by atoms with Crippen LogP contribution in [-0.2, 0) is 16.6 Å². The van der Waals surface area contributed by atoms with Crippen molar-refractivity contribution in [2.75, 3.05) is 17.7 Å². The van der Waals surface area contributed by atoms with Crippen LogP contribution in [0.3, 0.4) is 0 Å². The number of sulfonamides is 1. The first-order valence-electron chi connectivity index (χ1n) is 6.15. The van der Waals surface area contributed by atoms with E-state index in [1.54, 1.807) is 36.2 Å². The zero-order chi connectivity index (χ0) is 15.6. The van der Waals surface area contributed by atoms with E-state index in [1.165, 1.54) is 18.2 Å². The van der Waals surface area contributed by atoms with Crippen molar-refractivity contribution in [2.45, 2.75) is 11.4 Å². The summed E-state index contributed by atoms with van der Waals surface area (Å²) < 4.78 is 36.5. The molecule has 2 aromatic rings. The van der Waals surface area contributed by atoms with Crippen LogP contribution in [0.4, 0.5) is 15.8 Å². The summed E-state index contributed by atoms with van der Waals surface area (Å²) >= 11 is 0. The maximum atomic E-state index is 13.6. The molecule has 7 heteroatoms. The molecule has 112 valence electrons. The zero-order valence-corrected chi connectivity index (χ0v) is 12.3. The fourth-order valence-electron chi connectivity index (χ4n) is 1.96. The highest BCUT2D eigenvalue weighted by atomic mass is 32.2. The molecule has 5 nitrogen and oxygen atoms in total. The average Bonchev–Trinajstić information content (AvgIpc) is 2.39. The Balaban J connectivity index is 2.34. The van der Waals surface area contributed by atoms with Crippen LogP contribution in [0.5, 0.6) is 0 Å². The number of halogens is 1. The predicted molar refractivity (Wildman–Crippen MR) is 80.7 cm³/mol. The van der Waals surface area contributed by atoms with Crippen molar-refractivity contribution >= 4 is 21.4 Å². The molecule has 0 aromatic heterocycles. The van der Waals surface area contributed by atoms with E-state index < -0.39 is 10.0 Å². The van der Waals surface area contributed by atoms with Crippen molar-refractivity contribution < 1.29 is 12.8 Å². The molecule has 2 aromatic carbocycles. The molecule has 0 fully saturated rings. The minimum atomic E-state index is -3.84. The SMILES string of the molecule is CN(Cc1ccccc1F)c1cc(N)cc(S(N)(=O)=O)c1. The van der Waals surface area contributed by atoms with Gasteiger partial charge in [-0.3, -0.25) is 0 Å². The van der Waals surface area contributed by atoms with Gasteiger partial charge in [-0.2, -0.15) is 0 Å². The lowest BCUT2D eigenvalue weighted by molar-refractivity contribution is 0.597. The van der Waals surface area contributed by atoms with Gasteiger partial charge in [-0.05, 0) is 24.3 Å². The van der Waals surface area contributed by atoms with E-state index in [-0.39, 0.29) is 22.9 Å². The van der Waals surface area contributed by atoms with Gasteiger partial charge in [0.2, 0.25) is 10.0 Å². The highest BCUT2D eigenvalue weighted by molar-refractivity contribution is 7.89. The number of nitrogens with zero attached hydrogens (tertiary/aromatic N) is 1. The number of primary sulfonamides is 1. The van der Waals surface area contributed by atoms with Crippen molar-refractivity contribution in [3.05, 3.63) is 53.8 Å². The lowest BCUT2D eigenvalue weighted by atomic mass is 10.2. The summed E-state index contributed by atoms with van der Waals surface area (Å²) in [6, 6.07) is 10.7. The molecule has 2 rings (SSSR count). The molecule has 0 heterocycles. The predicted octanol–water partition coefficient (Wildman–Crippen LogP) is 1.69. The van der Waals surface area contributed by atoms with Crippen LogP contribution in [0.25, 0.3) is 0 Å². The second-order valence-corrected chi connectivity index (χ2v) is 6.31. The number of anilines is 2. The quantitative estimate of drug-likeness (QED) is 0.841. The van der Waals surface area contributed by atoms with Crippen molar-refractivity contribution in [1.82, 2.24) is 0 Å². The minimum absolute atomic E-state index is 0.0714. The molecule has 0 radical (unpaired) electrons. The smallest absolute Gasteiger partial charge is 0.238 e. The second-order valence-electron chi connectivity index (χ2n) is 4.75. The third-order valence-electron chi connectivity index (χ3n) is 3.05. The largest absolute Gasteiger partial charge is 0.399 e. The average molecular weight is 309 g/mol. The molecule has 0 unspecified atom stereocenters. The monoisotopic (exact) mass is 309 g/mol. The van der Waals surface area contributed by atoms with Crippen molar-refractivity contribution in [2.24, 2.45) is 5.14 Å². The van der Waals surface area contributed by atoms with Crippen molar-refractivity contribution in [1.29, 1.82) is 0 Å². The van der Waals surface area contributed by atoms with Gasteiger partial charge < -0.3 is 10.6 Å². The molecule has 0 aliphatic rings. The Labute approximate surface area is 123 Å². The fourth-order valence-corrected chi connectivity index (χ4v) is 2.55. The molecule has 0 bridgehead atoms. The van der Waals surface area contributed by atoms with Crippen LogP contribution in [0.1, 0.15) is 5.56 Å². The van der Waals surface area contributed by atoms with Gasteiger partial charge in [0.25, 0.3) is 0 Å². The summed E-state index contributed by atoms with van der Waals surface area (Å²) in [7, 11) is -2.13. The summed E-state index contributed by atoms with van der Waals surface area (Å²) in [6.45, 7) is 0.278. The second kappa shape index (κ2) is 5.71. The molecule has 0 aliphatic carbocycles. The molecule has 0 aliphatic heterocycles. The van der Waals surface area contributed by atoms with E-state index >= 15 is 0 Å². The minimum Gasteiger partial charge on any atom is -0.399 e. The van der Waals surface area contributed by atoms with Gasteiger partial charge in [-0.25, -0.2) is 17.9 Å². The van der Waals surface area contributed by atoms with E-state index in [0.29, 0.717) is 11.3 Å². The Morgan fingerprint density at radius 3 is 2.48 bits per heavy atom. The molecule has 0 atom stereocenters. The van der Waals surface area contributed by atoms with Crippen LogP contribution in [-0.4, -0.2) is 15.5 Å². The van der Waals surface area contributed by atoms with Crippen molar-refractivity contribution in [3.63, 3.8) is 0 Å². The molecule has 4 N–H and O–H groups in total. The summed E-state index contributed by atoms with van der Waals surface area (Å²) in [5.74, 6) is -0.320. The van der Waals surface area contributed by atoms with E-state index in [2.05, 4.69) is 0 Å². The topological polar surface area (TPSA) is 89.4 Å². The Morgan fingerprint density at radius 1 is 1.19 bits per heavy atom. The number of nitrogen functional groups attached to an aromatic ring is 1. The molecule has 21 heavy (non-hydrogen) atoms. The maximum Gasteiger partial charge on any atom is 0.238 e. The van der Waals surface area contributed by atoms with E-state index in [4.69, 9.17) is 10.9 Å². The van der Waals surface area contributed by atoms with Gasteiger partial charge >= 0.3 is 0 Å². The summed E-state index contributed by atoms with van der Waals surface area (Å²) in [4.78, 5) is 1.63. The Morgan fingerprint density at radius 2 is 1.86 bits per heavy atom. The molecular weight excluding hydrogens is 293 g/mol. The fraction of sp³-hybridized carbons (Fsp3) is 0.143. The van der Waals surface area contributed by atoms with E-state index in [0.717, 1.165) is 0 Å². The van der Waals surface area contributed by atoms with Gasteiger partial charge in [0, 0.05) is 30.5 Å². The molecule has 0 amide bonds. The first-order valence-corrected chi connectivity index (χ1v) is 7.70. The maximum absolute atomic E-state index is 13.6. The Bertz CT molecular complexity index is 763. The first-order chi connectivity index (χ1) is 9.77. The Hall–Kier alpha value is -2.12. The number of rotatable bonds is 4. The third-order valence-corrected chi connectivity index (χ3v) is 3.94. The van der Waals surface area contributed by atoms with Gasteiger partial charge in [0.05, 0.1) is 4.90 Å². The first kappa shape index (κ1) is 15.3. The van der Waals surface area contributed by atoms with Crippen LogP contribution in [0.2, 0.25) is 0 Å². The summed E-state index contributed by atoms with van der Waals surface area (Å²) in [5.41, 5.74) is 7.01. The molecule has 0 saturated carbocycles. The zero-order valence-electron chi connectivity index (χ0n) is 11.5. The van der Waals surface area contributed by atoms with Crippen LogP contribution in [0, 0.1) is 5.82 Å². The number of hydrogen-bond acceptors (Lipinski definition) is 4. The van der Waals surface area contributed by atoms with Gasteiger partial charge in [0.1, 0.15) is 5.82 Å². The van der Waals surface area contributed by atoms with Crippen LogP contribution >= 0.6 is 0 Å². The Kier molecular flexibility index (Phi) is 4.15. The van der Waals surface area contributed by atoms with Crippen LogP contribution < -0.4 is 15.8 Å². The molecule has 0 spiro atoms. The number of hydrogen-bond donors (Lipinski definition) is 2. The van der Waals surface area contributed by atoms with Gasteiger partial charge in [0.15, 0.2) is 0 Å². The van der Waals surface area contributed by atoms with Gasteiger partial charge in [-0.1, -0.05) is 18.2 Å². The lowest BCUT2D eigenvalue weighted by Crippen LogP contribution is -2.19. The van der Waals surface area contributed by atoms with E-state index in [1.807, 2.05) is 0 Å². The summed E-state index contributed by atoms with van der Waals surface area (Å²) in [6.07, 6.45) is 0. The lowest BCUT2D eigenvalue weighted by Gasteiger charge is -2.21. The highest BCUT2D eigenvalue weighted by Gasteiger charge is 2.13. The number of nitrogens with two attached hydrogens (primary N) is 2. The number of benzene rings is 2. The third kappa shape index (κ3) is 3.71. The molecule has 0 saturated heterocycles. The normalized spacial score (nSPS) is 11.4. The highest BCUT2D eigenvalue weighted by Crippen LogP contribution is 2.24. The van der Waals surface area contributed by atoms with Gasteiger partial charge in [-0.15, -0.1) is 0 Å². The standard InChI is InChI=1S/C14H16FN3O2S/c1-18(9-10-4-2-3-5-14(10)15)12-6-11(16)7-13(8-12)21(17,19)20/h2-8H,9,16H2,1H3,(H2,17,19,20). The molecular formula is C14H16FN3O2S. The summed E-state index contributed by atoms with van der Waals surface area (Å²) in [5, 5.41) is 5.11. The van der Waals surface area contributed by atoms with E-state index in [9.17, 15) is 12.8 Å². The van der Waals surface area contributed by atoms with Crippen LogP contribution in [0.15, 0.2) is 47.4 Å². The van der Waals surface area contributed by atoms with Crippen molar-refractivity contribution in [3.8, 4) is 0 Å².